The van der Waals surface area contributed by atoms with E-state index in [9.17, 15) is 19.2 Å². The Bertz CT molecular complexity index is 1040. The van der Waals surface area contributed by atoms with E-state index in [2.05, 4.69) is 10.3 Å². The van der Waals surface area contributed by atoms with Crippen LogP contribution in [0.4, 0.5) is 0 Å². The fourth-order valence-electron chi connectivity index (χ4n) is 4.01. The van der Waals surface area contributed by atoms with Gasteiger partial charge < -0.3 is 15.2 Å². The van der Waals surface area contributed by atoms with E-state index in [0.29, 0.717) is 42.5 Å². The third kappa shape index (κ3) is 2.53. The fourth-order valence-corrected chi connectivity index (χ4v) is 4.01. The van der Waals surface area contributed by atoms with Gasteiger partial charge in [0.25, 0.3) is 11.5 Å². The van der Waals surface area contributed by atoms with Gasteiger partial charge in [-0.3, -0.25) is 19.0 Å². The van der Waals surface area contributed by atoms with E-state index < -0.39 is 5.69 Å². The number of hydrogen-bond acceptors (Lipinski definition) is 4. The second-order valence-corrected chi connectivity index (χ2v) is 7.17. The van der Waals surface area contributed by atoms with Gasteiger partial charge in [0.05, 0.1) is 10.9 Å². The number of aromatic nitrogens is 2. The Morgan fingerprint density at radius 2 is 2.08 bits per heavy atom. The zero-order chi connectivity index (χ0) is 18.5. The number of rotatable bonds is 2. The molecule has 8 heteroatoms. The molecule has 4 rings (SSSR count). The van der Waals surface area contributed by atoms with E-state index in [1.807, 2.05) is 0 Å². The zero-order valence-corrected chi connectivity index (χ0v) is 14.5. The average molecular weight is 356 g/mol. The van der Waals surface area contributed by atoms with Gasteiger partial charge in [-0.05, 0) is 31.5 Å². The topological polar surface area (TPSA) is 104 Å². The Kier molecular flexibility index (Phi) is 3.71. The number of hydrogen-bond donors (Lipinski definition) is 2. The van der Waals surface area contributed by atoms with Gasteiger partial charge in [0.2, 0.25) is 5.91 Å². The maximum absolute atomic E-state index is 12.9. The summed E-state index contributed by atoms with van der Waals surface area (Å²) in [7, 11) is 0. The van der Waals surface area contributed by atoms with Gasteiger partial charge in [0.15, 0.2) is 0 Å². The number of likely N-dealkylation sites (tertiary alicyclic amines) is 1. The van der Waals surface area contributed by atoms with Gasteiger partial charge in [0.1, 0.15) is 0 Å². The maximum atomic E-state index is 12.9. The molecule has 0 radical (unpaired) electrons. The second kappa shape index (κ2) is 5.82. The van der Waals surface area contributed by atoms with Gasteiger partial charge in [-0.1, -0.05) is 0 Å². The second-order valence-electron chi connectivity index (χ2n) is 7.17. The van der Waals surface area contributed by atoms with Crippen LogP contribution in [0.1, 0.15) is 30.1 Å². The summed E-state index contributed by atoms with van der Waals surface area (Å²) in [6.45, 7) is 3.76. The summed E-state index contributed by atoms with van der Waals surface area (Å²) >= 11 is 0. The first-order chi connectivity index (χ1) is 12.4. The molecule has 2 N–H and O–H groups in total. The van der Waals surface area contributed by atoms with Crippen LogP contribution in [-0.4, -0.2) is 45.9 Å². The quantitative estimate of drug-likeness (QED) is 0.794. The smallest absolute Gasteiger partial charge is 0.328 e. The number of fused-ring (bicyclic) bond motifs is 1. The summed E-state index contributed by atoms with van der Waals surface area (Å²) in [4.78, 5) is 53.1. The normalized spacial score (nSPS) is 22.3. The lowest BCUT2D eigenvalue weighted by Gasteiger charge is -2.22. The SMILES string of the molecule is CCn1c(=O)[nH]c2cc(C(=O)N3CCC4(CNC(=O)C4)C3)ccc2c1=O. The number of benzene rings is 1. The zero-order valence-electron chi connectivity index (χ0n) is 14.5. The van der Waals surface area contributed by atoms with Crippen LogP contribution in [0.2, 0.25) is 0 Å². The largest absolute Gasteiger partial charge is 0.355 e. The highest BCUT2D eigenvalue weighted by Gasteiger charge is 2.45. The van der Waals surface area contributed by atoms with Crippen LogP contribution in [0, 0.1) is 5.41 Å². The monoisotopic (exact) mass is 356 g/mol. The van der Waals surface area contributed by atoms with Crippen LogP contribution in [-0.2, 0) is 11.3 Å². The lowest BCUT2D eigenvalue weighted by atomic mass is 9.86. The minimum atomic E-state index is -0.481. The molecule has 8 nitrogen and oxygen atoms in total. The first-order valence-electron chi connectivity index (χ1n) is 8.75. The summed E-state index contributed by atoms with van der Waals surface area (Å²) in [6, 6.07) is 4.76. The van der Waals surface area contributed by atoms with Crippen molar-refractivity contribution < 1.29 is 9.59 Å². The summed E-state index contributed by atoms with van der Waals surface area (Å²) in [6.07, 6.45) is 1.25. The van der Waals surface area contributed by atoms with E-state index in [1.165, 1.54) is 0 Å². The Morgan fingerprint density at radius 3 is 2.77 bits per heavy atom. The van der Waals surface area contributed by atoms with Crippen molar-refractivity contribution in [2.75, 3.05) is 19.6 Å². The first-order valence-corrected chi connectivity index (χ1v) is 8.75. The number of amides is 2. The van der Waals surface area contributed by atoms with Gasteiger partial charge in [-0.2, -0.15) is 0 Å². The molecule has 2 fully saturated rings. The van der Waals surface area contributed by atoms with Crippen LogP contribution >= 0.6 is 0 Å². The Labute approximate surface area is 148 Å². The molecule has 1 unspecified atom stereocenters. The molecule has 136 valence electrons. The van der Waals surface area contributed by atoms with Crippen molar-refractivity contribution in [1.29, 1.82) is 0 Å². The predicted octanol–water partition coefficient (Wildman–Crippen LogP) is 0.0619. The third-order valence-electron chi connectivity index (χ3n) is 5.47. The van der Waals surface area contributed by atoms with E-state index in [0.717, 1.165) is 11.0 Å². The fraction of sp³-hybridized carbons (Fsp3) is 0.444. The molecule has 2 aromatic rings. The van der Waals surface area contributed by atoms with E-state index in [-0.39, 0.29) is 29.3 Å². The van der Waals surface area contributed by atoms with Gasteiger partial charge >= 0.3 is 5.69 Å². The lowest BCUT2D eigenvalue weighted by molar-refractivity contribution is -0.119. The number of nitrogens with one attached hydrogen (secondary N) is 2. The molecule has 1 spiro atoms. The molecule has 0 saturated carbocycles. The molecule has 2 aliphatic heterocycles. The molecule has 0 aliphatic carbocycles. The van der Waals surface area contributed by atoms with Gasteiger partial charge in [-0.15, -0.1) is 0 Å². The van der Waals surface area contributed by atoms with Crippen molar-refractivity contribution in [3.8, 4) is 0 Å². The number of carbonyl (C=O) groups excluding carboxylic acids is 2. The number of nitrogens with zero attached hydrogens (tertiary/aromatic N) is 2. The van der Waals surface area contributed by atoms with Crippen LogP contribution in [0.25, 0.3) is 10.9 Å². The van der Waals surface area contributed by atoms with E-state index >= 15 is 0 Å². The highest BCUT2D eigenvalue weighted by atomic mass is 16.2. The summed E-state index contributed by atoms with van der Waals surface area (Å²) in [5.41, 5.74) is -0.211. The Hall–Kier alpha value is -2.90. The van der Waals surface area contributed by atoms with Gasteiger partial charge in [-0.25, -0.2) is 4.79 Å². The van der Waals surface area contributed by atoms with Crippen molar-refractivity contribution >= 4 is 22.7 Å². The molecule has 2 amide bonds. The molecule has 26 heavy (non-hydrogen) atoms. The van der Waals surface area contributed by atoms with Crippen molar-refractivity contribution in [2.45, 2.75) is 26.3 Å². The average Bonchev–Trinajstić information content (AvgIpc) is 3.20. The maximum Gasteiger partial charge on any atom is 0.328 e. The Balaban J connectivity index is 1.65. The van der Waals surface area contributed by atoms with Crippen LogP contribution in [0.15, 0.2) is 27.8 Å². The predicted molar refractivity (Wildman–Crippen MR) is 95.1 cm³/mol. The van der Waals surface area contributed by atoms with E-state index in [1.54, 1.807) is 30.0 Å². The van der Waals surface area contributed by atoms with Crippen LogP contribution in [0.3, 0.4) is 0 Å². The minimum absolute atomic E-state index is 0.0368. The molecule has 3 heterocycles. The number of aromatic amines is 1. The molecular formula is C18H20N4O4. The van der Waals surface area contributed by atoms with Gasteiger partial charge in [0, 0.05) is 43.6 Å². The highest BCUT2D eigenvalue weighted by molar-refractivity contribution is 5.98. The third-order valence-corrected chi connectivity index (χ3v) is 5.47. The highest BCUT2D eigenvalue weighted by Crippen LogP contribution is 2.37. The van der Waals surface area contributed by atoms with Crippen LogP contribution in [0.5, 0.6) is 0 Å². The summed E-state index contributed by atoms with van der Waals surface area (Å²) in [5.74, 6) is -0.113. The van der Waals surface area contributed by atoms with Crippen molar-refractivity contribution in [3.05, 3.63) is 44.6 Å². The number of carbonyl (C=O) groups is 2. The van der Waals surface area contributed by atoms with Crippen molar-refractivity contribution in [2.24, 2.45) is 5.41 Å². The molecule has 2 saturated heterocycles. The first kappa shape index (κ1) is 16.6. The molecule has 1 aromatic heterocycles. The minimum Gasteiger partial charge on any atom is -0.355 e. The van der Waals surface area contributed by atoms with Crippen molar-refractivity contribution in [1.82, 2.24) is 19.8 Å². The summed E-state index contributed by atoms with van der Waals surface area (Å²) in [5, 5.41) is 3.23. The standard InChI is InChI=1S/C18H20N4O4/c1-2-22-16(25)12-4-3-11(7-13(12)20-17(22)26)15(24)21-6-5-18(10-21)8-14(23)19-9-18/h3-4,7H,2,5-6,8-10H2,1H3,(H,19,23)(H,20,26). The Morgan fingerprint density at radius 1 is 1.27 bits per heavy atom. The lowest BCUT2D eigenvalue weighted by Crippen LogP contribution is -2.35. The molecule has 0 bridgehead atoms. The molecule has 1 atom stereocenters. The molecule has 1 aromatic carbocycles. The van der Waals surface area contributed by atoms with Crippen LogP contribution < -0.4 is 16.6 Å². The molecule has 2 aliphatic rings. The number of H-pyrrole nitrogens is 1. The van der Waals surface area contributed by atoms with Crippen molar-refractivity contribution in [3.63, 3.8) is 0 Å². The summed E-state index contributed by atoms with van der Waals surface area (Å²) < 4.78 is 1.12. The van der Waals surface area contributed by atoms with E-state index in [4.69, 9.17) is 0 Å². The molecular weight excluding hydrogens is 336 g/mol.